The Morgan fingerprint density at radius 3 is 0.600 bits per heavy atom. The molecule has 0 spiro atoms. The van der Waals surface area contributed by atoms with Gasteiger partial charge in [-0.3, -0.25) is 0 Å². The SMILES string of the molecule is CCCCCCCCCCCCCCCCCC[Si](OC(C)(C)C)(OC(C)(C)C)OC(C)(C)C.CCCCCCCCCCCCCCCCCC[Si](OC(C)C)(OC(C)C)OC(C)C. The first-order chi connectivity index (χ1) is 30.5. The van der Waals surface area contributed by atoms with Gasteiger partial charge in [-0.05, 0) is 117 Å². The van der Waals surface area contributed by atoms with E-state index in [2.05, 4.69) is 118 Å². The van der Waals surface area contributed by atoms with Crippen LogP contribution in [0.2, 0.25) is 12.1 Å². The Kier molecular flexibility index (Phi) is 42.3. The molecule has 0 atom stereocenters. The molecule has 0 N–H and O–H groups in total. The van der Waals surface area contributed by atoms with Gasteiger partial charge in [-0.2, -0.15) is 0 Å². The van der Waals surface area contributed by atoms with Crippen LogP contribution in [0.4, 0.5) is 0 Å². The zero-order valence-corrected chi connectivity index (χ0v) is 49.7. The van der Waals surface area contributed by atoms with Crippen LogP contribution in [0.5, 0.6) is 0 Å². The van der Waals surface area contributed by atoms with Gasteiger partial charge in [-0.25, -0.2) is 0 Å². The third kappa shape index (κ3) is 49.0. The van der Waals surface area contributed by atoms with Crippen molar-refractivity contribution in [1.82, 2.24) is 0 Å². The molecule has 8 heteroatoms. The summed E-state index contributed by atoms with van der Waals surface area (Å²) >= 11 is 0. The molecule has 0 aliphatic carbocycles. The van der Waals surface area contributed by atoms with Gasteiger partial charge in [-0.1, -0.05) is 206 Å². The summed E-state index contributed by atoms with van der Waals surface area (Å²) in [5, 5.41) is 0. The summed E-state index contributed by atoms with van der Waals surface area (Å²) in [5.74, 6) is 0. The molecule has 0 aliphatic rings. The van der Waals surface area contributed by atoms with E-state index in [1.807, 2.05) is 0 Å². The second kappa shape index (κ2) is 40.9. The van der Waals surface area contributed by atoms with Crippen LogP contribution in [0.3, 0.4) is 0 Å². The van der Waals surface area contributed by atoms with E-state index in [-0.39, 0.29) is 35.1 Å². The lowest BCUT2D eigenvalue weighted by molar-refractivity contribution is -0.0755. The Bertz CT molecular complexity index is 932. The van der Waals surface area contributed by atoms with Crippen LogP contribution in [-0.2, 0) is 26.6 Å². The lowest BCUT2D eigenvalue weighted by Crippen LogP contribution is -2.57. The number of hydrogen-bond acceptors (Lipinski definition) is 6. The topological polar surface area (TPSA) is 55.4 Å². The average Bonchev–Trinajstić information content (AvgIpc) is 3.15. The molecule has 0 unspecified atom stereocenters. The van der Waals surface area contributed by atoms with E-state index in [4.69, 9.17) is 26.6 Å². The van der Waals surface area contributed by atoms with Crippen LogP contribution in [0.15, 0.2) is 0 Å². The second-order valence-electron chi connectivity index (χ2n) is 23.6. The molecule has 0 radical (unpaired) electrons. The monoisotopic (exact) mass is 959 g/mol. The van der Waals surface area contributed by atoms with Crippen LogP contribution in [0.25, 0.3) is 0 Å². The standard InChI is InChI=1S/C30H64O3Si.C27H58O3Si/c1-11-12-13-14-15-16-17-18-19-20-21-22-23-24-25-26-27-34(31-28(2,3)4,32-29(5,6)7)33-30(8,9)10;1-8-9-10-11-12-13-14-15-16-17-18-19-20-21-22-23-24-31(28-25(2)3,29-26(4)5)30-27(6)7/h11-27H2,1-10H3;25-27H,8-24H2,1-7H3. The van der Waals surface area contributed by atoms with Gasteiger partial charge in [0.05, 0.1) is 16.8 Å². The van der Waals surface area contributed by atoms with Gasteiger partial charge in [0.15, 0.2) is 0 Å². The lowest BCUT2D eigenvalue weighted by Gasteiger charge is -2.43. The zero-order chi connectivity index (χ0) is 49.5. The molecule has 0 amide bonds. The molecule has 0 aliphatic heterocycles. The largest absolute Gasteiger partial charge is 0.502 e. The minimum Gasteiger partial charge on any atom is -0.371 e. The molecule has 0 bridgehead atoms. The highest BCUT2D eigenvalue weighted by atomic mass is 28.4. The average molecular weight is 960 g/mol. The Labute approximate surface area is 412 Å². The lowest BCUT2D eigenvalue weighted by atomic mass is 10.0. The molecule has 65 heavy (non-hydrogen) atoms. The van der Waals surface area contributed by atoms with Crippen molar-refractivity contribution in [2.24, 2.45) is 0 Å². The molecule has 0 saturated carbocycles. The van der Waals surface area contributed by atoms with E-state index < -0.39 is 17.6 Å². The number of hydrogen-bond donors (Lipinski definition) is 0. The predicted molar refractivity (Wildman–Crippen MR) is 291 cm³/mol. The highest BCUT2D eigenvalue weighted by Gasteiger charge is 2.49. The van der Waals surface area contributed by atoms with Gasteiger partial charge in [-0.15, -0.1) is 0 Å². The maximum absolute atomic E-state index is 6.60. The van der Waals surface area contributed by atoms with E-state index in [1.165, 1.54) is 193 Å². The van der Waals surface area contributed by atoms with E-state index in [1.54, 1.807) is 0 Å². The van der Waals surface area contributed by atoms with Crippen LogP contribution >= 0.6 is 0 Å². The molecule has 0 heterocycles. The van der Waals surface area contributed by atoms with Crippen molar-refractivity contribution in [1.29, 1.82) is 0 Å². The van der Waals surface area contributed by atoms with Gasteiger partial charge in [0.2, 0.25) is 0 Å². The van der Waals surface area contributed by atoms with Crippen LogP contribution in [0.1, 0.15) is 323 Å². The van der Waals surface area contributed by atoms with Gasteiger partial charge >= 0.3 is 17.6 Å². The summed E-state index contributed by atoms with van der Waals surface area (Å²) < 4.78 is 38.6. The first kappa shape index (κ1) is 67.3. The highest BCUT2D eigenvalue weighted by molar-refractivity contribution is 6.61. The van der Waals surface area contributed by atoms with E-state index in [0.717, 1.165) is 24.9 Å². The van der Waals surface area contributed by atoms with Crippen molar-refractivity contribution in [3.8, 4) is 0 Å². The second-order valence-corrected chi connectivity index (χ2v) is 28.7. The molecule has 0 aromatic carbocycles. The van der Waals surface area contributed by atoms with Crippen molar-refractivity contribution >= 4 is 17.6 Å². The molecule has 0 rings (SSSR count). The molecule has 6 nitrogen and oxygen atoms in total. The first-order valence-corrected chi connectivity index (χ1v) is 32.5. The molecular formula is C57H122O6Si2. The van der Waals surface area contributed by atoms with E-state index >= 15 is 0 Å². The first-order valence-electron chi connectivity index (χ1n) is 28.6. The van der Waals surface area contributed by atoms with Crippen LogP contribution in [-0.4, -0.2) is 52.7 Å². The van der Waals surface area contributed by atoms with Crippen molar-refractivity contribution in [3.05, 3.63) is 0 Å². The normalized spacial score (nSPS) is 13.1. The Hall–Kier alpha value is 0.194. The molecule has 0 aromatic heterocycles. The van der Waals surface area contributed by atoms with Gasteiger partial charge in [0, 0.05) is 30.4 Å². The van der Waals surface area contributed by atoms with Crippen molar-refractivity contribution in [3.63, 3.8) is 0 Å². The van der Waals surface area contributed by atoms with Crippen molar-refractivity contribution in [2.45, 2.75) is 370 Å². The maximum Gasteiger partial charge on any atom is 0.502 e. The predicted octanol–water partition coefficient (Wildman–Crippen LogP) is 20.1. The number of rotatable bonds is 43. The summed E-state index contributed by atoms with van der Waals surface area (Å²) in [5.41, 5.74) is -0.840. The van der Waals surface area contributed by atoms with E-state index in [0.29, 0.717) is 0 Å². The minimum absolute atomic E-state index is 0.144. The third-order valence-electron chi connectivity index (χ3n) is 11.3. The fourth-order valence-electron chi connectivity index (χ4n) is 8.73. The van der Waals surface area contributed by atoms with Gasteiger partial charge in [0.1, 0.15) is 0 Å². The number of unbranched alkanes of at least 4 members (excludes halogenated alkanes) is 30. The maximum atomic E-state index is 6.60. The molecule has 394 valence electrons. The zero-order valence-electron chi connectivity index (χ0n) is 47.7. The van der Waals surface area contributed by atoms with E-state index in [9.17, 15) is 0 Å². The fraction of sp³-hybridized carbons (Fsp3) is 1.00. The summed E-state index contributed by atoms with van der Waals surface area (Å²) in [6.45, 7) is 36.1. The quantitative estimate of drug-likeness (QED) is 0.0448. The fourth-order valence-corrected chi connectivity index (χ4v) is 16.0. The molecular weight excluding hydrogens is 837 g/mol. The van der Waals surface area contributed by atoms with Crippen molar-refractivity contribution in [2.75, 3.05) is 0 Å². The minimum atomic E-state index is -2.81. The van der Waals surface area contributed by atoms with Crippen LogP contribution in [0, 0.1) is 0 Å². The Morgan fingerprint density at radius 2 is 0.431 bits per heavy atom. The van der Waals surface area contributed by atoms with Crippen molar-refractivity contribution < 1.29 is 26.6 Å². The summed E-state index contributed by atoms with van der Waals surface area (Å²) in [6.07, 6.45) is 44.8. The smallest absolute Gasteiger partial charge is 0.371 e. The molecule has 0 fully saturated rings. The Balaban J connectivity index is 0. The third-order valence-corrected chi connectivity index (χ3v) is 18.5. The highest BCUT2D eigenvalue weighted by Crippen LogP contribution is 2.33. The van der Waals surface area contributed by atoms with Crippen LogP contribution < -0.4 is 0 Å². The molecule has 0 saturated heterocycles. The summed E-state index contributed by atoms with van der Waals surface area (Å²) in [6, 6.07) is 1.84. The summed E-state index contributed by atoms with van der Waals surface area (Å²) in [7, 11) is -5.40. The summed E-state index contributed by atoms with van der Waals surface area (Å²) in [4.78, 5) is 0. The molecule has 0 aromatic rings. The Morgan fingerprint density at radius 1 is 0.262 bits per heavy atom. The van der Waals surface area contributed by atoms with Gasteiger partial charge in [0.25, 0.3) is 0 Å². The van der Waals surface area contributed by atoms with Gasteiger partial charge < -0.3 is 26.6 Å².